The molecule has 134 valence electrons. The van der Waals surface area contributed by atoms with Crippen LogP contribution in [0.5, 0.6) is 0 Å². The highest BCUT2D eigenvalue weighted by atomic mass is 15.1. The molecule has 0 atom stereocenters. The zero-order valence-electron chi connectivity index (χ0n) is 15.6. The van der Waals surface area contributed by atoms with Gasteiger partial charge >= 0.3 is 0 Å². The Bertz CT molecular complexity index is 1190. The van der Waals surface area contributed by atoms with Crippen molar-refractivity contribution in [2.24, 2.45) is 12.0 Å². The van der Waals surface area contributed by atoms with Crippen molar-refractivity contribution < 1.29 is 0 Å². The van der Waals surface area contributed by atoms with Gasteiger partial charge in [0.25, 0.3) is 0 Å². The molecule has 2 heterocycles. The summed E-state index contributed by atoms with van der Waals surface area (Å²) in [6.07, 6.45) is 3.29. The Morgan fingerprint density at radius 2 is 1.89 bits per heavy atom. The van der Waals surface area contributed by atoms with E-state index in [1.165, 1.54) is 0 Å². The quantitative estimate of drug-likeness (QED) is 0.492. The molecule has 5 nitrogen and oxygen atoms in total. The average Bonchev–Trinajstić information content (AvgIpc) is 3.01. The normalized spacial score (nSPS) is 11.2. The topological polar surface area (TPSA) is 56.0 Å². The van der Waals surface area contributed by atoms with Gasteiger partial charge in [-0.3, -0.25) is 4.99 Å². The van der Waals surface area contributed by atoms with Crippen molar-refractivity contribution >= 4 is 40.4 Å². The van der Waals surface area contributed by atoms with Crippen LogP contribution in [0.15, 0.2) is 48.0 Å². The Morgan fingerprint density at radius 3 is 2.67 bits per heavy atom. The van der Waals surface area contributed by atoms with Crippen LogP contribution in [0, 0.1) is 6.92 Å². The van der Waals surface area contributed by atoms with E-state index in [4.69, 9.17) is 9.97 Å². The highest BCUT2D eigenvalue weighted by Gasteiger charge is 2.13. The second-order valence-electron chi connectivity index (χ2n) is 6.56. The molecule has 2 aromatic carbocycles. The van der Waals surface area contributed by atoms with Crippen LogP contribution in [-0.4, -0.2) is 26.2 Å². The van der Waals surface area contributed by atoms with E-state index in [-0.39, 0.29) is 0 Å². The van der Waals surface area contributed by atoms with Crippen LogP contribution >= 0.6 is 0 Å². The summed E-state index contributed by atoms with van der Waals surface area (Å²) in [5.74, 6) is 1.83. The fourth-order valence-electron chi connectivity index (χ4n) is 3.51. The Hall–Kier alpha value is -3.34. The summed E-state index contributed by atoms with van der Waals surface area (Å²) in [4.78, 5) is 18.3. The fraction of sp³-hybridized carbons (Fsp3) is 0.182. The second kappa shape index (κ2) is 6.76. The zero-order valence-corrected chi connectivity index (χ0v) is 15.6. The van der Waals surface area contributed by atoms with Crippen LogP contribution in [0.25, 0.3) is 28.0 Å². The number of nitrogens with zero attached hydrogens (tertiary/aromatic N) is 5. The van der Waals surface area contributed by atoms with Gasteiger partial charge in [0.2, 0.25) is 0 Å². The first-order valence-electron chi connectivity index (χ1n) is 8.92. The van der Waals surface area contributed by atoms with Crippen LogP contribution in [0.2, 0.25) is 0 Å². The van der Waals surface area contributed by atoms with Gasteiger partial charge in [-0.15, -0.1) is 0 Å². The zero-order chi connectivity index (χ0) is 19.0. The van der Waals surface area contributed by atoms with Gasteiger partial charge in [0.1, 0.15) is 11.6 Å². The summed E-state index contributed by atoms with van der Waals surface area (Å²) in [5.41, 5.74) is 5.68. The first-order valence-corrected chi connectivity index (χ1v) is 8.92. The highest BCUT2D eigenvalue weighted by Crippen LogP contribution is 2.29. The first-order chi connectivity index (χ1) is 13.1. The molecular weight excluding hydrogens is 334 g/mol. The lowest BCUT2D eigenvalue weighted by Crippen LogP contribution is -2.04. The molecular formula is C22H21N5. The molecule has 0 aliphatic heterocycles. The minimum atomic E-state index is 0.735. The molecule has 0 amide bonds. The van der Waals surface area contributed by atoms with Crippen molar-refractivity contribution in [1.82, 2.24) is 19.5 Å². The smallest absolute Gasteiger partial charge is 0.129 e. The number of benzene rings is 2. The van der Waals surface area contributed by atoms with Crippen molar-refractivity contribution in [2.45, 2.75) is 19.8 Å². The molecule has 0 aliphatic carbocycles. The van der Waals surface area contributed by atoms with Crippen molar-refractivity contribution in [1.29, 1.82) is 0 Å². The second-order valence-corrected chi connectivity index (χ2v) is 6.56. The Labute approximate surface area is 158 Å². The molecule has 2 aromatic heterocycles. The molecule has 5 heteroatoms. The largest absolute Gasteiger partial charge is 0.331 e. The molecule has 0 bridgehead atoms. The van der Waals surface area contributed by atoms with Gasteiger partial charge in [-0.2, -0.15) is 0 Å². The first kappa shape index (κ1) is 17.1. The van der Waals surface area contributed by atoms with Crippen LogP contribution < -0.4 is 0 Å². The van der Waals surface area contributed by atoms with Gasteiger partial charge in [0.05, 0.1) is 22.2 Å². The number of fused-ring (bicyclic) bond motifs is 2. The molecule has 0 fully saturated rings. The van der Waals surface area contributed by atoms with Crippen LogP contribution in [0.4, 0.5) is 5.69 Å². The third kappa shape index (κ3) is 2.91. The lowest BCUT2D eigenvalue weighted by Gasteiger charge is -2.06. The molecule has 0 spiro atoms. The molecule has 0 radical (unpaired) electrons. The average molecular weight is 355 g/mol. The van der Waals surface area contributed by atoms with Gasteiger partial charge < -0.3 is 4.57 Å². The number of imidazole rings is 1. The minimum absolute atomic E-state index is 0.735. The minimum Gasteiger partial charge on any atom is -0.331 e. The maximum Gasteiger partial charge on any atom is 0.129 e. The van der Waals surface area contributed by atoms with E-state index in [2.05, 4.69) is 33.9 Å². The van der Waals surface area contributed by atoms with E-state index in [1.807, 2.05) is 44.3 Å². The summed E-state index contributed by atoms with van der Waals surface area (Å²) >= 11 is 0. The van der Waals surface area contributed by atoms with Crippen molar-refractivity contribution in [3.05, 3.63) is 65.9 Å². The van der Waals surface area contributed by atoms with E-state index < -0.39 is 0 Å². The molecule has 27 heavy (non-hydrogen) atoms. The SMILES string of the molecule is C=Cc1c(N=C)ccc2c1nc(CCc1nc(C)c3ccccc3n1)n2C. The Kier molecular flexibility index (Phi) is 4.28. The van der Waals surface area contributed by atoms with E-state index in [0.717, 1.165) is 63.4 Å². The van der Waals surface area contributed by atoms with E-state index in [1.54, 1.807) is 6.08 Å². The summed E-state index contributed by atoms with van der Waals surface area (Å²) in [5, 5.41) is 1.10. The van der Waals surface area contributed by atoms with Crippen LogP contribution in [-0.2, 0) is 19.9 Å². The van der Waals surface area contributed by atoms with Crippen molar-refractivity contribution in [3.63, 3.8) is 0 Å². The molecule has 0 N–H and O–H groups in total. The number of aliphatic imine (C=N–C) groups is 1. The maximum atomic E-state index is 4.84. The third-order valence-corrected chi connectivity index (χ3v) is 4.95. The van der Waals surface area contributed by atoms with Crippen LogP contribution in [0.3, 0.4) is 0 Å². The number of hydrogen-bond donors (Lipinski definition) is 0. The monoisotopic (exact) mass is 355 g/mol. The van der Waals surface area contributed by atoms with Gasteiger partial charge in [-0.05, 0) is 31.8 Å². The summed E-state index contributed by atoms with van der Waals surface area (Å²) < 4.78 is 2.11. The lowest BCUT2D eigenvalue weighted by atomic mass is 10.1. The third-order valence-electron chi connectivity index (χ3n) is 4.95. The summed E-state index contributed by atoms with van der Waals surface area (Å²) in [6.45, 7) is 9.57. The van der Waals surface area contributed by atoms with Gasteiger partial charge in [0, 0.05) is 36.5 Å². The Morgan fingerprint density at radius 1 is 1.07 bits per heavy atom. The molecule has 0 saturated carbocycles. The summed E-state index contributed by atoms with van der Waals surface area (Å²) in [6, 6.07) is 12.1. The van der Waals surface area contributed by atoms with Gasteiger partial charge in [0.15, 0.2) is 0 Å². The highest BCUT2D eigenvalue weighted by molar-refractivity contribution is 5.91. The van der Waals surface area contributed by atoms with E-state index >= 15 is 0 Å². The number of aromatic nitrogens is 4. The standard InChI is InChI=1S/C22H21N5/c1-5-15-17(23-3)10-11-19-22(15)26-21(27(19)4)13-12-20-24-14(2)16-8-6-7-9-18(16)25-20/h5-11H,1,3,12-13H2,2,4H3. The lowest BCUT2D eigenvalue weighted by molar-refractivity contribution is 0.760. The van der Waals surface area contributed by atoms with Gasteiger partial charge in [-0.25, -0.2) is 15.0 Å². The molecule has 0 aliphatic rings. The molecule has 0 saturated heterocycles. The van der Waals surface area contributed by atoms with Gasteiger partial charge in [-0.1, -0.05) is 30.9 Å². The number of rotatable bonds is 5. The molecule has 4 aromatic rings. The van der Waals surface area contributed by atoms with Crippen LogP contribution in [0.1, 0.15) is 22.9 Å². The van der Waals surface area contributed by atoms with E-state index in [9.17, 15) is 0 Å². The molecule has 0 unspecified atom stereocenters. The predicted octanol–water partition coefficient (Wildman–Crippen LogP) is 4.59. The van der Waals surface area contributed by atoms with E-state index in [0.29, 0.717) is 0 Å². The maximum absolute atomic E-state index is 4.84. The van der Waals surface area contributed by atoms with Crippen molar-refractivity contribution in [3.8, 4) is 0 Å². The fourth-order valence-corrected chi connectivity index (χ4v) is 3.51. The summed E-state index contributed by atoms with van der Waals surface area (Å²) in [7, 11) is 2.03. The number of para-hydroxylation sites is 1. The Balaban J connectivity index is 1.69. The predicted molar refractivity (Wildman–Crippen MR) is 112 cm³/mol. The number of aryl methyl sites for hydroxylation is 4. The van der Waals surface area contributed by atoms with Crippen molar-refractivity contribution in [2.75, 3.05) is 0 Å². The molecule has 4 rings (SSSR count). The number of hydrogen-bond acceptors (Lipinski definition) is 4.